The van der Waals surface area contributed by atoms with Crippen LogP contribution in [0.25, 0.3) is 0 Å². The third-order valence-corrected chi connectivity index (χ3v) is 4.16. The first-order chi connectivity index (χ1) is 10.0. The Morgan fingerprint density at radius 1 is 1.57 bits per heavy atom. The molecule has 7 heteroatoms. The molecule has 0 aliphatic rings. The number of ether oxygens (including phenoxy) is 1. The first-order valence-electron chi connectivity index (χ1n) is 6.48. The van der Waals surface area contributed by atoms with Crippen molar-refractivity contribution in [2.75, 3.05) is 13.7 Å². The minimum atomic E-state index is -0.329. The van der Waals surface area contributed by atoms with Crippen molar-refractivity contribution < 1.29 is 9.53 Å². The fraction of sp³-hybridized carbons (Fsp3) is 0.357. The summed E-state index contributed by atoms with van der Waals surface area (Å²) in [5.41, 5.74) is 0.862. The molecule has 0 aliphatic heterocycles. The normalized spacial score (nSPS) is 12.0. The van der Waals surface area contributed by atoms with Gasteiger partial charge in [-0.25, -0.2) is 4.98 Å². The van der Waals surface area contributed by atoms with Gasteiger partial charge in [0.1, 0.15) is 5.69 Å². The number of methoxy groups -OCH3 is 1. The lowest BCUT2D eigenvalue weighted by atomic mass is 10.2. The third-order valence-electron chi connectivity index (χ3n) is 2.97. The van der Waals surface area contributed by atoms with Crippen molar-refractivity contribution in [3.8, 4) is 5.75 Å². The van der Waals surface area contributed by atoms with Crippen molar-refractivity contribution in [3.05, 3.63) is 44.3 Å². The number of aromatic nitrogens is 2. The Bertz CT molecular complexity index is 693. The molecule has 0 aromatic carbocycles. The van der Waals surface area contributed by atoms with Gasteiger partial charge in [-0.3, -0.25) is 9.59 Å². The highest BCUT2D eigenvalue weighted by Gasteiger charge is 2.13. The maximum absolute atomic E-state index is 12.0. The SMILES string of the molecule is COc1c[nH]c(C(=O)NC[C@@H](C)c2nc(C)cs2)cc1=O. The molecule has 0 unspecified atom stereocenters. The molecule has 112 valence electrons. The summed E-state index contributed by atoms with van der Waals surface area (Å²) >= 11 is 1.58. The van der Waals surface area contributed by atoms with E-state index in [1.54, 1.807) is 11.3 Å². The zero-order valence-electron chi connectivity index (χ0n) is 12.1. The second-order valence-electron chi connectivity index (χ2n) is 4.72. The van der Waals surface area contributed by atoms with E-state index in [-0.39, 0.29) is 28.7 Å². The molecular formula is C14H17N3O3S. The Balaban J connectivity index is 1.98. The molecule has 2 aromatic rings. The van der Waals surface area contributed by atoms with Gasteiger partial charge in [-0.05, 0) is 6.92 Å². The minimum absolute atomic E-state index is 0.123. The number of H-pyrrole nitrogens is 1. The summed E-state index contributed by atoms with van der Waals surface area (Å²) in [4.78, 5) is 30.7. The first-order valence-corrected chi connectivity index (χ1v) is 7.36. The van der Waals surface area contributed by atoms with Crippen LogP contribution in [-0.2, 0) is 0 Å². The van der Waals surface area contributed by atoms with Gasteiger partial charge >= 0.3 is 0 Å². The molecular weight excluding hydrogens is 290 g/mol. The number of aryl methyl sites for hydroxylation is 1. The maximum atomic E-state index is 12.0. The second kappa shape index (κ2) is 6.53. The van der Waals surface area contributed by atoms with Crippen LogP contribution in [0.4, 0.5) is 0 Å². The largest absolute Gasteiger partial charge is 0.491 e. The molecule has 6 nitrogen and oxygen atoms in total. The van der Waals surface area contributed by atoms with E-state index in [1.165, 1.54) is 19.4 Å². The first kappa shape index (κ1) is 15.2. The lowest BCUT2D eigenvalue weighted by Crippen LogP contribution is -2.29. The number of carbonyl (C=O) groups is 1. The predicted octanol–water partition coefficient (Wildman–Crippen LogP) is 1.68. The van der Waals surface area contributed by atoms with Gasteiger partial charge in [-0.1, -0.05) is 6.92 Å². The molecule has 2 aromatic heterocycles. The topological polar surface area (TPSA) is 84.1 Å². The van der Waals surface area contributed by atoms with Crippen molar-refractivity contribution in [2.24, 2.45) is 0 Å². The van der Waals surface area contributed by atoms with Crippen molar-refractivity contribution in [1.82, 2.24) is 15.3 Å². The van der Waals surface area contributed by atoms with E-state index in [4.69, 9.17) is 4.74 Å². The summed E-state index contributed by atoms with van der Waals surface area (Å²) in [6.07, 6.45) is 1.38. The lowest BCUT2D eigenvalue weighted by Gasteiger charge is -2.10. The number of carbonyl (C=O) groups excluding carboxylic acids is 1. The number of pyridine rings is 1. The average molecular weight is 307 g/mol. The number of hydrogen-bond donors (Lipinski definition) is 2. The zero-order chi connectivity index (χ0) is 15.4. The second-order valence-corrected chi connectivity index (χ2v) is 5.61. The maximum Gasteiger partial charge on any atom is 0.267 e. The van der Waals surface area contributed by atoms with Gasteiger partial charge in [0.2, 0.25) is 5.43 Å². The Morgan fingerprint density at radius 3 is 2.90 bits per heavy atom. The average Bonchev–Trinajstić information content (AvgIpc) is 2.91. The van der Waals surface area contributed by atoms with Gasteiger partial charge in [0.25, 0.3) is 5.91 Å². The van der Waals surface area contributed by atoms with Crippen LogP contribution in [0.2, 0.25) is 0 Å². The summed E-state index contributed by atoms with van der Waals surface area (Å²) in [5, 5.41) is 5.75. The van der Waals surface area contributed by atoms with Crippen LogP contribution >= 0.6 is 11.3 Å². The smallest absolute Gasteiger partial charge is 0.267 e. The number of aromatic amines is 1. The quantitative estimate of drug-likeness (QED) is 0.880. The summed E-state index contributed by atoms with van der Waals surface area (Å²) in [6, 6.07) is 1.23. The van der Waals surface area contributed by atoms with E-state index in [2.05, 4.69) is 15.3 Å². The molecule has 1 amide bonds. The molecule has 21 heavy (non-hydrogen) atoms. The molecule has 0 spiro atoms. The minimum Gasteiger partial charge on any atom is -0.491 e. The molecule has 0 radical (unpaired) electrons. The molecule has 2 heterocycles. The number of hydrogen-bond acceptors (Lipinski definition) is 5. The Kier molecular flexibility index (Phi) is 4.74. The van der Waals surface area contributed by atoms with Crippen LogP contribution in [0.5, 0.6) is 5.75 Å². The fourth-order valence-electron chi connectivity index (χ4n) is 1.78. The highest BCUT2D eigenvalue weighted by Crippen LogP contribution is 2.18. The number of rotatable bonds is 5. The van der Waals surface area contributed by atoms with Crippen molar-refractivity contribution in [2.45, 2.75) is 19.8 Å². The molecule has 0 saturated heterocycles. The molecule has 2 rings (SSSR count). The van der Waals surface area contributed by atoms with Gasteiger partial charge in [0, 0.05) is 35.8 Å². The van der Waals surface area contributed by atoms with Crippen LogP contribution in [0, 0.1) is 6.92 Å². The third kappa shape index (κ3) is 3.69. The molecule has 0 aliphatic carbocycles. The van der Waals surface area contributed by atoms with Crippen molar-refractivity contribution >= 4 is 17.2 Å². The van der Waals surface area contributed by atoms with Crippen LogP contribution in [0.1, 0.15) is 34.0 Å². The number of nitrogens with zero attached hydrogens (tertiary/aromatic N) is 1. The molecule has 0 fully saturated rings. The van der Waals surface area contributed by atoms with Gasteiger partial charge < -0.3 is 15.0 Å². The van der Waals surface area contributed by atoms with Crippen molar-refractivity contribution in [3.63, 3.8) is 0 Å². The summed E-state index contributed by atoms with van der Waals surface area (Å²) < 4.78 is 4.86. The Hall–Kier alpha value is -2.15. The number of nitrogens with one attached hydrogen (secondary N) is 2. The monoisotopic (exact) mass is 307 g/mol. The summed E-state index contributed by atoms with van der Waals surface area (Å²) in [7, 11) is 1.40. The van der Waals surface area contributed by atoms with Crippen LogP contribution < -0.4 is 15.5 Å². The van der Waals surface area contributed by atoms with E-state index < -0.39 is 0 Å². The number of thiazole rings is 1. The molecule has 1 atom stereocenters. The van der Waals surface area contributed by atoms with E-state index in [0.29, 0.717) is 6.54 Å². The van der Waals surface area contributed by atoms with E-state index in [9.17, 15) is 9.59 Å². The zero-order valence-corrected chi connectivity index (χ0v) is 12.9. The fourth-order valence-corrected chi connectivity index (χ4v) is 2.63. The van der Waals surface area contributed by atoms with Gasteiger partial charge in [0.15, 0.2) is 5.75 Å². The van der Waals surface area contributed by atoms with E-state index in [1.807, 2.05) is 19.2 Å². The van der Waals surface area contributed by atoms with Crippen LogP contribution in [0.3, 0.4) is 0 Å². The highest BCUT2D eigenvalue weighted by molar-refractivity contribution is 7.09. The highest BCUT2D eigenvalue weighted by atomic mass is 32.1. The number of amides is 1. The molecule has 0 saturated carbocycles. The van der Waals surface area contributed by atoms with Gasteiger partial charge in [0.05, 0.1) is 12.1 Å². The van der Waals surface area contributed by atoms with Gasteiger partial charge in [-0.2, -0.15) is 0 Å². The van der Waals surface area contributed by atoms with Crippen LogP contribution in [-0.4, -0.2) is 29.5 Å². The van der Waals surface area contributed by atoms with Crippen molar-refractivity contribution in [1.29, 1.82) is 0 Å². The summed E-state index contributed by atoms with van der Waals surface area (Å²) in [5.74, 6) is -0.0225. The molecule has 0 bridgehead atoms. The van der Waals surface area contributed by atoms with Gasteiger partial charge in [-0.15, -0.1) is 11.3 Å². The van der Waals surface area contributed by atoms with Crippen LogP contribution in [0.15, 0.2) is 22.4 Å². The molecule has 2 N–H and O–H groups in total. The van der Waals surface area contributed by atoms with E-state index in [0.717, 1.165) is 10.7 Å². The standard InChI is InChI=1S/C14H17N3O3S/c1-8(14-17-9(2)7-21-14)5-16-13(19)10-4-11(18)12(20-3)6-15-10/h4,6-8H,5H2,1-3H3,(H,15,18)(H,16,19)/t8-/m1/s1. The Morgan fingerprint density at radius 2 is 2.33 bits per heavy atom. The lowest BCUT2D eigenvalue weighted by molar-refractivity contribution is 0.0946. The summed E-state index contributed by atoms with van der Waals surface area (Å²) in [6.45, 7) is 4.39. The Labute approximate surface area is 126 Å². The predicted molar refractivity (Wildman–Crippen MR) is 81.2 cm³/mol. The van der Waals surface area contributed by atoms with E-state index >= 15 is 0 Å².